The summed E-state index contributed by atoms with van der Waals surface area (Å²) in [6.45, 7) is 2.80. The molecule has 0 aromatic heterocycles. The van der Waals surface area contributed by atoms with Crippen LogP contribution in [0.2, 0.25) is 0 Å². The summed E-state index contributed by atoms with van der Waals surface area (Å²) in [5.74, 6) is 0.197. The van der Waals surface area contributed by atoms with Crippen molar-refractivity contribution in [3.63, 3.8) is 0 Å². The first-order valence-electron chi connectivity index (χ1n) is 5.60. The SMILES string of the molecule is CCCCCCC(=O)N(C)CCC(N)=S. The smallest absolute Gasteiger partial charge is 0.222 e. The van der Waals surface area contributed by atoms with Gasteiger partial charge in [-0.25, -0.2) is 0 Å². The summed E-state index contributed by atoms with van der Waals surface area (Å²) < 4.78 is 0. The van der Waals surface area contributed by atoms with E-state index in [0.717, 1.165) is 12.8 Å². The Kier molecular flexibility index (Phi) is 8.28. The molecule has 0 spiro atoms. The van der Waals surface area contributed by atoms with E-state index >= 15 is 0 Å². The monoisotopic (exact) mass is 230 g/mol. The Balaban J connectivity index is 3.55. The van der Waals surface area contributed by atoms with Crippen molar-refractivity contribution in [1.29, 1.82) is 0 Å². The standard InChI is InChI=1S/C11H22N2OS/c1-3-4-5-6-7-11(14)13(2)9-8-10(12)15/h3-9H2,1-2H3,(H2,12,15). The highest BCUT2D eigenvalue weighted by Crippen LogP contribution is 2.04. The van der Waals surface area contributed by atoms with Crippen molar-refractivity contribution in [2.75, 3.05) is 13.6 Å². The van der Waals surface area contributed by atoms with Crippen LogP contribution < -0.4 is 5.73 Å². The van der Waals surface area contributed by atoms with Crippen LogP contribution in [0.3, 0.4) is 0 Å². The van der Waals surface area contributed by atoms with Gasteiger partial charge in [-0.1, -0.05) is 38.4 Å². The minimum absolute atomic E-state index is 0.197. The third-order valence-corrected chi connectivity index (χ3v) is 2.57. The number of nitrogens with zero attached hydrogens (tertiary/aromatic N) is 1. The maximum Gasteiger partial charge on any atom is 0.222 e. The molecule has 0 unspecified atom stereocenters. The molecular weight excluding hydrogens is 208 g/mol. The second-order valence-corrected chi connectivity index (χ2v) is 4.37. The Morgan fingerprint density at radius 3 is 2.47 bits per heavy atom. The van der Waals surface area contributed by atoms with Crippen molar-refractivity contribution in [2.24, 2.45) is 5.73 Å². The molecule has 3 nitrogen and oxygen atoms in total. The summed E-state index contributed by atoms with van der Waals surface area (Å²) in [6.07, 6.45) is 5.81. The van der Waals surface area contributed by atoms with E-state index in [-0.39, 0.29) is 5.91 Å². The summed E-state index contributed by atoms with van der Waals surface area (Å²) >= 11 is 4.76. The zero-order valence-corrected chi connectivity index (χ0v) is 10.6. The van der Waals surface area contributed by atoms with Crippen LogP contribution in [0.4, 0.5) is 0 Å². The second kappa shape index (κ2) is 8.65. The van der Waals surface area contributed by atoms with Crippen LogP contribution in [0.25, 0.3) is 0 Å². The van der Waals surface area contributed by atoms with Crippen molar-refractivity contribution in [2.45, 2.75) is 45.4 Å². The van der Waals surface area contributed by atoms with Crippen LogP contribution in [0.5, 0.6) is 0 Å². The summed E-state index contributed by atoms with van der Waals surface area (Å²) in [4.78, 5) is 13.7. The van der Waals surface area contributed by atoms with E-state index in [1.165, 1.54) is 12.8 Å². The molecule has 2 N–H and O–H groups in total. The van der Waals surface area contributed by atoms with E-state index in [1.54, 1.807) is 11.9 Å². The van der Waals surface area contributed by atoms with Gasteiger partial charge in [-0.3, -0.25) is 4.79 Å². The molecule has 0 aliphatic carbocycles. The molecule has 0 radical (unpaired) electrons. The van der Waals surface area contributed by atoms with Gasteiger partial charge in [0, 0.05) is 26.4 Å². The first-order valence-corrected chi connectivity index (χ1v) is 6.01. The van der Waals surface area contributed by atoms with Gasteiger partial charge in [-0.2, -0.15) is 0 Å². The molecule has 4 heteroatoms. The van der Waals surface area contributed by atoms with Crippen LogP contribution in [0.15, 0.2) is 0 Å². The van der Waals surface area contributed by atoms with Crippen LogP contribution in [0, 0.1) is 0 Å². The Morgan fingerprint density at radius 1 is 1.27 bits per heavy atom. The molecule has 0 heterocycles. The number of carbonyl (C=O) groups is 1. The van der Waals surface area contributed by atoms with Crippen LogP contribution in [0.1, 0.15) is 45.4 Å². The lowest BCUT2D eigenvalue weighted by Gasteiger charge is -2.16. The molecule has 15 heavy (non-hydrogen) atoms. The number of unbranched alkanes of at least 4 members (excludes halogenated alkanes) is 3. The number of carbonyl (C=O) groups excluding carboxylic acids is 1. The zero-order valence-electron chi connectivity index (χ0n) is 9.79. The van der Waals surface area contributed by atoms with Crippen molar-refractivity contribution in [3.05, 3.63) is 0 Å². The van der Waals surface area contributed by atoms with E-state index in [2.05, 4.69) is 6.92 Å². The van der Waals surface area contributed by atoms with Crippen molar-refractivity contribution in [1.82, 2.24) is 4.90 Å². The summed E-state index contributed by atoms with van der Waals surface area (Å²) in [7, 11) is 1.81. The minimum atomic E-state index is 0.197. The Labute approximate surface area is 98.0 Å². The molecule has 0 atom stereocenters. The third-order valence-electron chi connectivity index (χ3n) is 2.36. The van der Waals surface area contributed by atoms with Gasteiger partial charge in [0.25, 0.3) is 0 Å². The van der Waals surface area contributed by atoms with E-state index in [4.69, 9.17) is 18.0 Å². The van der Waals surface area contributed by atoms with Crippen LogP contribution in [-0.4, -0.2) is 29.4 Å². The molecule has 0 saturated heterocycles. The first kappa shape index (κ1) is 14.4. The van der Waals surface area contributed by atoms with Crippen molar-refractivity contribution in [3.8, 4) is 0 Å². The average molecular weight is 230 g/mol. The zero-order chi connectivity index (χ0) is 11.7. The van der Waals surface area contributed by atoms with E-state index in [0.29, 0.717) is 24.4 Å². The number of hydrogen-bond donors (Lipinski definition) is 1. The van der Waals surface area contributed by atoms with Gasteiger partial charge < -0.3 is 10.6 Å². The van der Waals surface area contributed by atoms with Crippen LogP contribution in [-0.2, 0) is 4.79 Å². The molecular formula is C11H22N2OS. The van der Waals surface area contributed by atoms with E-state index < -0.39 is 0 Å². The normalized spacial score (nSPS) is 10.0. The Morgan fingerprint density at radius 2 is 1.93 bits per heavy atom. The lowest BCUT2D eigenvalue weighted by Crippen LogP contribution is -2.29. The Bertz CT molecular complexity index is 207. The van der Waals surface area contributed by atoms with Gasteiger partial charge >= 0.3 is 0 Å². The quantitative estimate of drug-likeness (QED) is 0.513. The highest BCUT2D eigenvalue weighted by molar-refractivity contribution is 7.80. The maximum absolute atomic E-state index is 11.6. The molecule has 0 rings (SSSR count). The van der Waals surface area contributed by atoms with Gasteiger partial charge in [0.15, 0.2) is 0 Å². The van der Waals surface area contributed by atoms with E-state index in [1.807, 2.05) is 0 Å². The van der Waals surface area contributed by atoms with Crippen LogP contribution >= 0.6 is 12.2 Å². The third kappa shape index (κ3) is 8.36. The number of amides is 1. The molecule has 0 aliphatic heterocycles. The highest BCUT2D eigenvalue weighted by atomic mass is 32.1. The lowest BCUT2D eigenvalue weighted by atomic mass is 10.1. The fourth-order valence-corrected chi connectivity index (χ4v) is 1.39. The maximum atomic E-state index is 11.6. The Hall–Kier alpha value is -0.640. The van der Waals surface area contributed by atoms with Gasteiger partial charge in [-0.05, 0) is 6.42 Å². The second-order valence-electron chi connectivity index (χ2n) is 3.84. The van der Waals surface area contributed by atoms with Crippen molar-refractivity contribution >= 4 is 23.1 Å². The number of rotatable bonds is 8. The summed E-state index contributed by atoms with van der Waals surface area (Å²) in [5, 5.41) is 0. The van der Waals surface area contributed by atoms with Gasteiger partial charge in [0.2, 0.25) is 5.91 Å². The molecule has 0 fully saturated rings. The molecule has 0 aliphatic rings. The molecule has 0 aromatic carbocycles. The fraction of sp³-hybridized carbons (Fsp3) is 0.818. The van der Waals surface area contributed by atoms with E-state index in [9.17, 15) is 4.79 Å². The molecule has 0 bridgehead atoms. The molecule has 0 saturated carbocycles. The molecule has 0 aromatic rings. The summed E-state index contributed by atoms with van der Waals surface area (Å²) in [5.41, 5.74) is 5.37. The summed E-state index contributed by atoms with van der Waals surface area (Å²) in [6, 6.07) is 0. The number of nitrogens with two attached hydrogens (primary N) is 1. The van der Waals surface area contributed by atoms with Gasteiger partial charge in [0.1, 0.15) is 0 Å². The topological polar surface area (TPSA) is 46.3 Å². The lowest BCUT2D eigenvalue weighted by molar-refractivity contribution is -0.129. The number of hydrogen-bond acceptors (Lipinski definition) is 2. The largest absolute Gasteiger partial charge is 0.393 e. The predicted octanol–water partition coefficient (Wildman–Crippen LogP) is 2.09. The first-order chi connectivity index (χ1) is 7.07. The predicted molar refractivity (Wildman–Crippen MR) is 67.8 cm³/mol. The number of thiocarbonyl (C=S) groups is 1. The highest BCUT2D eigenvalue weighted by Gasteiger charge is 2.07. The fourth-order valence-electron chi connectivity index (χ4n) is 1.30. The van der Waals surface area contributed by atoms with Crippen molar-refractivity contribution < 1.29 is 4.79 Å². The van der Waals surface area contributed by atoms with Gasteiger partial charge in [-0.15, -0.1) is 0 Å². The average Bonchev–Trinajstić information content (AvgIpc) is 2.20. The molecule has 88 valence electrons. The minimum Gasteiger partial charge on any atom is -0.393 e. The molecule has 1 amide bonds. The van der Waals surface area contributed by atoms with Gasteiger partial charge in [0.05, 0.1) is 4.99 Å².